The van der Waals surface area contributed by atoms with Crippen LogP contribution in [0.3, 0.4) is 0 Å². The summed E-state index contributed by atoms with van der Waals surface area (Å²) in [5, 5.41) is 11.6. The number of hydrogen-bond donors (Lipinski definition) is 2. The molecule has 0 saturated carbocycles. The number of amides is 2. The molecular formula is C25H30N2O6. The third-order valence-corrected chi connectivity index (χ3v) is 5.35. The van der Waals surface area contributed by atoms with Crippen LogP contribution in [-0.2, 0) is 19.1 Å². The van der Waals surface area contributed by atoms with E-state index in [-0.39, 0.29) is 44.7 Å². The topological polar surface area (TPSA) is 105 Å². The number of benzene rings is 2. The van der Waals surface area contributed by atoms with Gasteiger partial charge in [0.15, 0.2) is 0 Å². The van der Waals surface area contributed by atoms with Gasteiger partial charge in [0.05, 0.1) is 6.61 Å². The molecular weight excluding hydrogens is 424 g/mol. The van der Waals surface area contributed by atoms with E-state index in [9.17, 15) is 14.4 Å². The predicted molar refractivity (Wildman–Crippen MR) is 123 cm³/mol. The van der Waals surface area contributed by atoms with Crippen LogP contribution < -0.4 is 5.32 Å². The lowest BCUT2D eigenvalue weighted by molar-refractivity contribution is -0.146. The Balaban J connectivity index is 1.40. The Morgan fingerprint density at radius 3 is 2.21 bits per heavy atom. The fraction of sp³-hybridized carbons (Fsp3) is 0.400. The lowest BCUT2D eigenvalue weighted by Crippen LogP contribution is -2.40. The maximum atomic E-state index is 12.2. The molecule has 0 atom stereocenters. The van der Waals surface area contributed by atoms with Crippen molar-refractivity contribution in [2.75, 3.05) is 39.5 Å². The first-order valence-electron chi connectivity index (χ1n) is 11.0. The molecule has 1 aliphatic rings. The van der Waals surface area contributed by atoms with Gasteiger partial charge in [-0.1, -0.05) is 62.4 Å². The summed E-state index contributed by atoms with van der Waals surface area (Å²) in [6, 6.07) is 16.2. The highest BCUT2D eigenvalue weighted by Crippen LogP contribution is 2.44. The van der Waals surface area contributed by atoms with Crippen LogP contribution in [0.5, 0.6) is 0 Å². The first-order valence-corrected chi connectivity index (χ1v) is 11.0. The standard InChI is InChI=1S/C25H30N2O6/c1-17(2)13-27(14-24(29)30)23(28)16-32-12-11-26-25(31)33-15-22-20-9-5-3-7-18(20)19-8-4-6-10-21(19)22/h3-10,17,22H,11-16H2,1-2H3,(H,26,31)(H,29,30). The summed E-state index contributed by atoms with van der Waals surface area (Å²) in [5.74, 6) is -1.34. The number of carbonyl (C=O) groups excluding carboxylic acids is 2. The Kier molecular flexibility index (Phi) is 8.43. The van der Waals surface area contributed by atoms with Gasteiger partial charge in [-0.15, -0.1) is 0 Å². The average Bonchev–Trinajstić information content (AvgIpc) is 3.10. The van der Waals surface area contributed by atoms with Gasteiger partial charge in [-0.05, 0) is 28.2 Å². The number of nitrogens with zero attached hydrogens (tertiary/aromatic N) is 1. The Hall–Kier alpha value is -3.39. The largest absolute Gasteiger partial charge is 0.480 e. The van der Waals surface area contributed by atoms with Crippen molar-refractivity contribution in [1.29, 1.82) is 0 Å². The van der Waals surface area contributed by atoms with Crippen molar-refractivity contribution in [2.45, 2.75) is 19.8 Å². The van der Waals surface area contributed by atoms with Gasteiger partial charge in [0.25, 0.3) is 0 Å². The summed E-state index contributed by atoms with van der Waals surface area (Å²) < 4.78 is 10.8. The number of nitrogens with one attached hydrogen (secondary N) is 1. The van der Waals surface area contributed by atoms with E-state index in [2.05, 4.69) is 29.6 Å². The van der Waals surface area contributed by atoms with Crippen LogP contribution in [0, 0.1) is 5.92 Å². The van der Waals surface area contributed by atoms with Crippen LogP contribution >= 0.6 is 0 Å². The van der Waals surface area contributed by atoms with E-state index in [1.807, 2.05) is 38.1 Å². The molecule has 0 spiro atoms. The third-order valence-electron chi connectivity index (χ3n) is 5.35. The normalized spacial score (nSPS) is 12.2. The van der Waals surface area contributed by atoms with Crippen molar-refractivity contribution in [2.24, 2.45) is 5.92 Å². The molecule has 0 bridgehead atoms. The lowest BCUT2D eigenvalue weighted by atomic mass is 9.98. The van der Waals surface area contributed by atoms with Gasteiger partial charge >= 0.3 is 12.1 Å². The van der Waals surface area contributed by atoms with Crippen molar-refractivity contribution in [3.63, 3.8) is 0 Å². The molecule has 2 aromatic rings. The first-order chi connectivity index (χ1) is 15.9. The summed E-state index contributed by atoms with van der Waals surface area (Å²) >= 11 is 0. The fourth-order valence-corrected chi connectivity index (χ4v) is 3.98. The molecule has 2 aromatic carbocycles. The van der Waals surface area contributed by atoms with Crippen molar-refractivity contribution < 1.29 is 29.0 Å². The number of alkyl carbamates (subject to hydrolysis) is 1. The molecule has 0 aliphatic heterocycles. The second-order valence-corrected chi connectivity index (χ2v) is 8.37. The zero-order chi connectivity index (χ0) is 23.8. The second kappa shape index (κ2) is 11.5. The maximum Gasteiger partial charge on any atom is 0.407 e. The monoisotopic (exact) mass is 454 g/mol. The van der Waals surface area contributed by atoms with Crippen molar-refractivity contribution >= 4 is 18.0 Å². The predicted octanol–water partition coefficient (Wildman–Crippen LogP) is 3.11. The minimum Gasteiger partial charge on any atom is -0.480 e. The highest BCUT2D eigenvalue weighted by atomic mass is 16.5. The molecule has 0 heterocycles. The fourth-order valence-electron chi connectivity index (χ4n) is 3.98. The van der Waals surface area contributed by atoms with Gasteiger partial charge in [0, 0.05) is 19.0 Å². The molecule has 176 valence electrons. The van der Waals surface area contributed by atoms with E-state index in [1.54, 1.807) is 0 Å². The average molecular weight is 455 g/mol. The molecule has 1 aliphatic carbocycles. The minimum atomic E-state index is -1.07. The SMILES string of the molecule is CC(C)CN(CC(=O)O)C(=O)COCCNC(=O)OCC1c2ccccc2-c2ccccc21. The first kappa shape index (κ1) is 24.3. The van der Waals surface area contributed by atoms with E-state index >= 15 is 0 Å². The quantitative estimate of drug-likeness (QED) is 0.506. The van der Waals surface area contributed by atoms with Crippen LogP contribution in [0.2, 0.25) is 0 Å². The van der Waals surface area contributed by atoms with Crippen LogP contribution in [0.25, 0.3) is 11.1 Å². The molecule has 2 amide bonds. The van der Waals surface area contributed by atoms with Gasteiger partial charge < -0.3 is 24.8 Å². The van der Waals surface area contributed by atoms with E-state index in [0.29, 0.717) is 6.54 Å². The van der Waals surface area contributed by atoms with Crippen LogP contribution in [0.1, 0.15) is 30.9 Å². The molecule has 0 saturated heterocycles. The number of aliphatic carboxylic acids is 1. The van der Waals surface area contributed by atoms with Gasteiger partial charge in [-0.2, -0.15) is 0 Å². The third kappa shape index (κ3) is 6.55. The molecule has 3 rings (SSSR count). The van der Waals surface area contributed by atoms with Crippen LogP contribution in [-0.4, -0.2) is 67.4 Å². The molecule has 0 unspecified atom stereocenters. The molecule has 2 N–H and O–H groups in total. The highest BCUT2D eigenvalue weighted by molar-refractivity contribution is 5.82. The minimum absolute atomic E-state index is 0.0156. The Labute approximate surface area is 193 Å². The number of ether oxygens (including phenoxy) is 2. The molecule has 33 heavy (non-hydrogen) atoms. The number of carboxylic acids is 1. The summed E-state index contributed by atoms with van der Waals surface area (Å²) in [6.07, 6.45) is -0.556. The number of rotatable bonds is 11. The van der Waals surface area contributed by atoms with Crippen molar-refractivity contribution in [3.05, 3.63) is 59.7 Å². The highest BCUT2D eigenvalue weighted by Gasteiger charge is 2.29. The van der Waals surface area contributed by atoms with Gasteiger partial charge in [-0.3, -0.25) is 9.59 Å². The number of carbonyl (C=O) groups is 3. The molecule has 0 aromatic heterocycles. The zero-order valence-corrected chi connectivity index (χ0v) is 19.0. The summed E-state index contributed by atoms with van der Waals surface area (Å²) in [4.78, 5) is 36.5. The van der Waals surface area contributed by atoms with E-state index in [0.717, 1.165) is 22.3 Å². The van der Waals surface area contributed by atoms with E-state index in [4.69, 9.17) is 14.6 Å². The smallest absolute Gasteiger partial charge is 0.407 e. The van der Waals surface area contributed by atoms with Gasteiger partial charge in [0.1, 0.15) is 19.8 Å². The number of carboxylic acid groups (broad SMARTS) is 1. The zero-order valence-electron chi connectivity index (χ0n) is 19.0. The summed E-state index contributed by atoms with van der Waals surface area (Å²) in [6.45, 7) is 4.05. The Morgan fingerprint density at radius 1 is 1.03 bits per heavy atom. The lowest BCUT2D eigenvalue weighted by Gasteiger charge is -2.22. The van der Waals surface area contributed by atoms with Crippen LogP contribution in [0.15, 0.2) is 48.5 Å². The van der Waals surface area contributed by atoms with E-state index in [1.165, 1.54) is 4.90 Å². The molecule has 0 fully saturated rings. The van der Waals surface area contributed by atoms with Crippen LogP contribution in [0.4, 0.5) is 4.79 Å². The Bertz CT molecular complexity index is 945. The van der Waals surface area contributed by atoms with Gasteiger partial charge in [0.2, 0.25) is 5.91 Å². The van der Waals surface area contributed by atoms with Crippen molar-refractivity contribution in [3.8, 4) is 11.1 Å². The number of hydrogen-bond acceptors (Lipinski definition) is 5. The second-order valence-electron chi connectivity index (χ2n) is 8.37. The van der Waals surface area contributed by atoms with Crippen molar-refractivity contribution in [1.82, 2.24) is 10.2 Å². The van der Waals surface area contributed by atoms with E-state index < -0.39 is 18.0 Å². The molecule has 8 heteroatoms. The molecule has 8 nitrogen and oxygen atoms in total. The summed E-state index contributed by atoms with van der Waals surface area (Å²) in [7, 11) is 0. The number of fused-ring (bicyclic) bond motifs is 3. The Morgan fingerprint density at radius 2 is 1.64 bits per heavy atom. The summed E-state index contributed by atoms with van der Waals surface area (Å²) in [5.41, 5.74) is 4.60. The molecule has 0 radical (unpaired) electrons. The maximum absolute atomic E-state index is 12.2. The van der Waals surface area contributed by atoms with Gasteiger partial charge in [-0.25, -0.2) is 4.79 Å².